The van der Waals surface area contributed by atoms with Crippen molar-refractivity contribution in [3.63, 3.8) is 0 Å². The second-order valence-corrected chi connectivity index (χ2v) is 4.05. The molecule has 0 saturated carbocycles. The molecular weight excluding hydrogens is 212 g/mol. The molecule has 1 aromatic rings. The van der Waals surface area contributed by atoms with E-state index in [1.807, 2.05) is 0 Å². The van der Waals surface area contributed by atoms with Crippen molar-refractivity contribution in [1.82, 2.24) is 5.32 Å². The molecule has 1 atom stereocenters. The molecule has 1 N–H and O–H groups in total. The number of methoxy groups -OCH3 is 1. The first-order valence-electron chi connectivity index (χ1n) is 5.46. The van der Waals surface area contributed by atoms with Crippen molar-refractivity contribution in [1.29, 1.82) is 0 Å². The van der Waals surface area contributed by atoms with Crippen LogP contribution >= 0.6 is 0 Å². The zero-order valence-electron chi connectivity index (χ0n) is 9.22. The van der Waals surface area contributed by atoms with E-state index in [2.05, 4.69) is 5.32 Å². The van der Waals surface area contributed by atoms with Gasteiger partial charge in [0.2, 0.25) is 0 Å². The van der Waals surface area contributed by atoms with Crippen LogP contribution in [0, 0.1) is 11.6 Å². The number of hydrogen-bond acceptors (Lipinski definition) is 2. The van der Waals surface area contributed by atoms with E-state index in [0.29, 0.717) is 6.54 Å². The predicted octanol–water partition coefficient (Wildman–Crippen LogP) is 2.44. The molecule has 2 nitrogen and oxygen atoms in total. The minimum absolute atomic E-state index is 0.0698. The lowest BCUT2D eigenvalue weighted by Gasteiger charge is -2.24. The van der Waals surface area contributed by atoms with E-state index in [9.17, 15) is 8.78 Å². The highest BCUT2D eigenvalue weighted by atomic mass is 19.1. The number of piperidine rings is 1. The standard InChI is InChI=1S/C12H15F2NO/c1-16-9-5-10(13)12(11(14)6-9)8-3-2-4-15-7-8/h5-6,8,15H,2-4,7H2,1H3. The van der Waals surface area contributed by atoms with E-state index in [1.165, 1.54) is 19.2 Å². The Morgan fingerprint density at radius 3 is 2.50 bits per heavy atom. The molecule has 1 unspecified atom stereocenters. The predicted molar refractivity (Wildman–Crippen MR) is 57.8 cm³/mol. The summed E-state index contributed by atoms with van der Waals surface area (Å²) in [5.41, 5.74) is 0.188. The summed E-state index contributed by atoms with van der Waals surface area (Å²) >= 11 is 0. The molecule has 0 spiro atoms. The Morgan fingerprint density at radius 1 is 1.31 bits per heavy atom. The van der Waals surface area contributed by atoms with Crippen LogP contribution in [0.15, 0.2) is 12.1 Å². The van der Waals surface area contributed by atoms with Crippen molar-refractivity contribution >= 4 is 0 Å². The van der Waals surface area contributed by atoms with Gasteiger partial charge in [-0.15, -0.1) is 0 Å². The van der Waals surface area contributed by atoms with Crippen molar-refractivity contribution in [3.8, 4) is 5.75 Å². The summed E-state index contributed by atoms with van der Waals surface area (Å²) < 4.78 is 32.3. The number of halogens is 2. The Labute approximate surface area is 93.6 Å². The Hall–Kier alpha value is -1.16. The highest BCUT2D eigenvalue weighted by Gasteiger charge is 2.23. The lowest BCUT2D eigenvalue weighted by molar-refractivity contribution is 0.395. The Morgan fingerprint density at radius 2 is 2.00 bits per heavy atom. The molecule has 1 fully saturated rings. The average Bonchev–Trinajstić information content (AvgIpc) is 2.29. The summed E-state index contributed by atoms with van der Waals surface area (Å²) in [4.78, 5) is 0. The second-order valence-electron chi connectivity index (χ2n) is 4.05. The van der Waals surface area contributed by atoms with Gasteiger partial charge < -0.3 is 10.1 Å². The summed E-state index contributed by atoms with van der Waals surface area (Å²) in [6, 6.07) is 2.49. The van der Waals surface area contributed by atoms with Crippen LogP contribution in [0.25, 0.3) is 0 Å². The van der Waals surface area contributed by atoms with Gasteiger partial charge in [-0.05, 0) is 19.4 Å². The number of hydrogen-bond donors (Lipinski definition) is 1. The van der Waals surface area contributed by atoms with Gasteiger partial charge in [0.1, 0.15) is 17.4 Å². The molecule has 1 aromatic carbocycles. The molecule has 0 amide bonds. The first kappa shape index (κ1) is 11.3. The lowest BCUT2D eigenvalue weighted by atomic mass is 9.91. The number of ether oxygens (including phenoxy) is 1. The van der Waals surface area contributed by atoms with Gasteiger partial charge in [0.05, 0.1) is 7.11 Å². The van der Waals surface area contributed by atoms with Crippen LogP contribution in [-0.4, -0.2) is 20.2 Å². The highest BCUT2D eigenvalue weighted by Crippen LogP contribution is 2.30. The maximum absolute atomic E-state index is 13.7. The summed E-state index contributed by atoms with van der Waals surface area (Å²) in [6.07, 6.45) is 1.78. The zero-order valence-corrected chi connectivity index (χ0v) is 9.22. The van der Waals surface area contributed by atoms with Gasteiger partial charge in [-0.1, -0.05) is 0 Å². The highest BCUT2D eigenvalue weighted by molar-refractivity contribution is 5.33. The SMILES string of the molecule is COc1cc(F)c(C2CCCNC2)c(F)c1. The molecular formula is C12H15F2NO. The van der Waals surface area contributed by atoms with E-state index in [-0.39, 0.29) is 17.2 Å². The normalized spacial score (nSPS) is 20.8. The molecule has 1 aliphatic heterocycles. The fourth-order valence-electron chi connectivity index (χ4n) is 2.17. The third kappa shape index (κ3) is 2.16. The molecule has 0 aromatic heterocycles. The van der Waals surface area contributed by atoms with Crippen molar-refractivity contribution in [3.05, 3.63) is 29.3 Å². The van der Waals surface area contributed by atoms with Crippen LogP contribution in [0.2, 0.25) is 0 Å². The molecule has 1 heterocycles. The Bertz CT molecular complexity index is 352. The lowest BCUT2D eigenvalue weighted by Crippen LogP contribution is -2.29. The Balaban J connectivity index is 2.32. The van der Waals surface area contributed by atoms with Gasteiger partial charge >= 0.3 is 0 Å². The Kier molecular flexibility index (Phi) is 3.39. The minimum Gasteiger partial charge on any atom is -0.497 e. The third-order valence-electron chi connectivity index (χ3n) is 2.99. The topological polar surface area (TPSA) is 21.3 Å². The van der Waals surface area contributed by atoms with Crippen molar-refractivity contribution in [2.45, 2.75) is 18.8 Å². The summed E-state index contributed by atoms with van der Waals surface area (Å²) in [7, 11) is 1.40. The molecule has 0 aliphatic carbocycles. The summed E-state index contributed by atoms with van der Waals surface area (Å²) in [6.45, 7) is 1.57. The quantitative estimate of drug-likeness (QED) is 0.837. The number of benzene rings is 1. The summed E-state index contributed by atoms with van der Waals surface area (Å²) in [5.74, 6) is -0.863. The fourth-order valence-corrected chi connectivity index (χ4v) is 2.17. The monoisotopic (exact) mass is 227 g/mol. The molecule has 88 valence electrons. The van der Waals surface area contributed by atoms with Crippen LogP contribution in [0.4, 0.5) is 8.78 Å². The first-order valence-corrected chi connectivity index (χ1v) is 5.46. The van der Waals surface area contributed by atoms with Gasteiger partial charge in [0.25, 0.3) is 0 Å². The van der Waals surface area contributed by atoms with Crippen LogP contribution in [0.3, 0.4) is 0 Å². The fraction of sp³-hybridized carbons (Fsp3) is 0.500. The van der Waals surface area contributed by atoms with E-state index < -0.39 is 11.6 Å². The van der Waals surface area contributed by atoms with E-state index >= 15 is 0 Å². The second kappa shape index (κ2) is 4.78. The van der Waals surface area contributed by atoms with Gasteiger partial charge in [-0.25, -0.2) is 8.78 Å². The molecule has 1 saturated heterocycles. The van der Waals surface area contributed by atoms with Gasteiger partial charge in [-0.2, -0.15) is 0 Å². The van der Waals surface area contributed by atoms with Crippen LogP contribution < -0.4 is 10.1 Å². The van der Waals surface area contributed by atoms with E-state index in [4.69, 9.17) is 4.74 Å². The smallest absolute Gasteiger partial charge is 0.133 e. The molecule has 2 rings (SSSR count). The molecule has 4 heteroatoms. The molecule has 0 bridgehead atoms. The zero-order chi connectivity index (χ0) is 11.5. The minimum atomic E-state index is -0.509. The van der Waals surface area contributed by atoms with Crippen LogP contribution in [-0.2, 0) is 0 Å². The number of rotatable bonds is 2. The van der Waals surface area contributed by atoms with Crippen LogP contribution in [0.5, 0.6) is 5.75 Å². The third-order valence-corrected chi connectivity index (χ3v) is 2.99. The average molecular weight is 227 g/mol. The van der Waals surface area contributed by atoms with Gasteiger partial charge in [0.15, 0.2) is 0 Å². The van der Waals surface area contributed by atoms with E-state index in [1.54, 1.807) is 0 Å². The van der Waals surface area contributed by atoms with Crippen molar-refractivity contribution < 1.29 is 13.5 Å². The van der Waals surface area contributed by atoms with Gasteiger partial charge in [-0.3, -0.25) is 0 Å². The molecule has 0 radical (unpaired) electrons. The first-order chi connectivity index (χ1) is 7.72. The molecule has 1 aliphatic rings. The van der Waals surface area contributed by atoms with E-state index in [0.717, 1.165) is 19.4 Å². The maximum Gasteiger partial charge on any atom is 0.133 e. The van der Waals surface area contributed by atoms with Crippen LogP contribution in [0.1, 0.15) is 24.3 Å². The van der Waals surface area contributed by atoms with Crippen molar-refractivity contribution in [2.24, 2.45) is 0 Å². The van der Waals surface area contributed by atoms with Crippen molar-refractivity contribution in [2.75, 3.05) is 20.2 Å². The number of nitrogens with one attached hydrogen (secondary N) is 1. The summed E-state index contributed by atoms with van der Waals surface area (Å²) in [5, 5.41) is 3.15. The largest absolute Gasteiger partial charge is 0.497 e. The maximum atomic E-state index is 13.7. The van der Waals surface area contributed by atoms with Gasteiger partial charge in [0, 0.05) is 30.2 Å². The molecule has 16 heavy (non-hydrogen) atoms.